The molecule has 56 valence electrons. The largest absolute Gasteiger partial charge is 0.381 e. The van der Waals surface area contributed by atoms with E-state index in [0.29, 0.717) is 0 Å². The van der Waals surface area contributed by atoms with Gasteiger partial charge < -0.3 is 4.74 Å². The molecule has 1 fully saturated rings. The molecule has 1 saturated heterocycles. The highest BCUT2D eigenvalue weighted by atomic mass is 16.5. The van der Waals surface area contributed by atoms with Crippen LogP contribution in [0.4, 0.5) is 0 Å². The summed E-state index contributed by atoms with van der Waals surface area (Å²) in [5.74, 6) is 0. The highest BCUT2D eigenvalue weighted by Gasteiger charge is 1.94. The Labute approximate surface area is 58.7 Å². The van der Waals surface area contributed by atoms with Crippen molar-refractivity contribution in [3.8, 4) is 0 Å². The Hall–Kier alpha value is -0.300. The van der Waals surface area contributed by atoms with Crippen molar-refractivity contribution in [2.75, 3.05) is 13.2 Å². The monoisotopic (exact) mass is 130 g/mol. The van der Waals surface area contributed by atoms with E-state index in [9.17, 15) is 0 Å². The number of hydrogen-bond donors (Lipinski definition) is 0. The number of hydrogen-bond acceptors (Lipinski definition) is 1. The van der Waals surface area contributed by atoms with E-state index in [1.807, 2.05) is 13.8 Å². The molecule has 9 heavy (non-hydrogen) atoms. The Kier molecular flexibility index (Phi) is 20.0. The average molecular weight is 130 g/mol. The van der Waals surface area contributed by atoms with Gasteiger partial charge in [-0.25, -0.2) is 0 Å². The van der Waals surface area contributed by atoms with E-state index in [1.165, 1.54) is 12.8 Å². The van der Waals surface area contributed by atoms with Crippen LogP contribution in [0, 0.1) is 0 Å². The molecular weight excluding hydrogens is 112 g/mol. The normalized spacial score (nSPS) is 14.4. The number of rotatable bonds is 0. The summed E-state index contributed by atoms with van der Waals surface area (Å²) < 4.78 is 4.94. The van der Waals surface area contributed by atoms with E-state index >= 15 is 0 Å². The lowest BCUT2D eigenvalue weighted by atomic mass is 10.4. The Bertz CT molecular complexity index is 23.9. The van der Waals surface area contributed by atoms with Crippen LogP contribution in [0.25, 0.3) is 0 Å². The van der Waals surface area contributed by atoms with Crippen LogP contribution in [-0.2, 0) is 4.74 Å². The van der Waals surface area contributed by atoms with Gasteiger partial charge in [0.25, 0.3) is 0 Å². The van der Waals surface area contributed by atoms with Gasteiger partial charge in [-0.3, -0.25) is 0 Å². The van der Waals surface area contributed by atoms with Crippen molar-refractivity contribution in [2.24, 2.45) is 0 Å². The van der Waals surface area contributed by atoms with Crippen molar-refractivity contribution in [3.05, 3.63) is 13.2 Å². The lowest BCUT2D eigenvalue weighted by Crippen LogP contribution is -1.74. The Morgan fingerprint density at radius 1 is 1.00 bits per heavy atom. The molecule has 1 heterocycles. The molecule has 0 radical (unpaired) electrons. The minimum Gasteiger partial charge on any atom is -0.381 e. The topological polar surface area (TPSA) is 9.23 Å². The molecule has 1 heteroatoms. The van der Waals surface area contributed by atoms with E-state index in [0.717, 1.165) is 13.2 Å². The van der Waals surface area contributed by atoms with Gasteiger partial charge in [0.1, 0.15) is 0 Å². The molecule has 0 aliphatic carbocycles. The second-order valence-corrected chi connectivity index (χ2v) is 1.32. The summed E-state index contributed by atoms with van der Waals surface area (Å²) in [5, 5.41) is 0. The molecule has 0 spiro atoms. The van der Waals surface area contributed by atoms with Crippen LogP contribution in [0.15, 0.2) is 13.2 Å². The predicted octanol–water partition coefficient (Wildman–Crippen LogP) is 2.63. The van der Waals surface area contributed by atoms with Crippen LogP contribution in [0.5, 0.6) is 0 Å². The second-order valence-electron chi connectivity index (χ2n) is 1.32. The van der Waals surface area contributed by atoms with Crippen molar-refractivity contribution < 1.29 is 4.74 Å². The third-order valence-electron chi connectivity index (χ3n) is 0.827. The first-order chi connectivity index (χ1) is 4.50. The number of ether oxygens (including phenoxy) is 1. The SMILES string of the molecule is C1CCOC1.C=C.CC. The van der Waals surface area contributed by atoms with Gasteiger partial charge in [0.15, 0.2) is 0 Å². The van der Waals surface area contributed by atoms with E-state index in [1.54, 1.807) is 0 Å². The summed E-state index contributed by atoms with van der Waals surface area (Å²) in [6, 6.07) is 0. The molecule has 0 aromatic carbocycles. The maximum Gasteiger partial charge on any atom is 0.0466 e. The minimum atomic E-state index is 1.00. The maximum absolute atomic E-state index is 4.94. The molecule has 1 aliphatic heterocycles. The summed E-state index contributed by atoms with van der Waals surface area (Å²) in [5.41, 5.74) is 0. The molecule has 0 N–H and O–H groups in total. The average Bonchev–Trinajstić information content (AvgIpc) is 2.51. The molecule has 0 unspecified atom stereocenters. The first-order valence-corrected chi connectivity index (χ1v) is 3.58. The third-order valence-corrected chi connectivity index (χ3v) is 0.827. The van der Waals surface area contributed by atoms with Crippen LogP contribution in [-0.4, -0.2) is 13.2 Å². The van der Waals surface area contributed by atoms with Crippen molar-refractivity contribution >= 4 is 0 Å². The molecule has 1 rings (SSSR count). The molecule has 0 saturated carbocycles. The molecule has 0 aromatic heterocycles. The standard InChI is InChI=1S/C4H8O.C2H6.C2H4/c1-2-4-5-3-1;2*1-2/h1-4H2;1-2H3;1-2H2. The van der Waals surface area contributed by atoms with Gasteiger partial charge in [-0.1, -0.05) is 13.8 Å². The van der Waals surface area contributed by atoms with Crippen molar-refractivity contribution in [2.45, 2.75) is 26.7 Å². The van der Waals surface area contributed by atoms with Gasteiger partial charge in [0, 0.05) is 13.2 Å². The summed E-state index contributed by atoms with van der Waals surface area (Å²) in [6.07, 6.45) is 2.56. The molecule has 0 aromatic rings. The Morgan fingerprint density at radius 2 is 1.33 bits per heavy atom. The Morgan fingerprint density at radius 3 is 1.44 bits per heavy atom. The van der Waals surface area contributed by atoms with Crippen LogP contribution < -0.4 is 0 Å². The highest BCUT2D eigenvalue weighted by Crippen LogP contribution is 1.98. The van der Waals surface area contributed by atoms with Crippen molar-refractivity contribution in [3.63, 3.8) is 0 Å². The minimum absolute atomic E-state index is 1.00. The summed E-state index contributed by atoms with van der Waals surface area (Å²) in [6.45, 7) is 12.0. The fourth-order valence-electron chi connectivity index (χ4n) is 0.510. The van der Waals surface area contributed by atoms with E-state index < -0.39 is 0 Å². The second kappa shape index (κ2) is 15.6. The van der Waals surface area contributed by atoms with Gasteiger partial charge in [-0.2, -0.15) is 0 Å². The molecule has 1 nitrogen and oxygen atoms in total. The first kappa shape index (κ1) is 11.5. The first-order valence-electron chi connectivity index (χ1n) is 3.58. The van der Waals surface area contributed by atoms with E-state index in [4.69, 9.17) is 4.74 Å². The highest BCUT2D eigenvalue weighted by molar-refractivity contribution is 4.43. The fraction of sp³-hybridized carbons (Fsp3) is 0.750. The van der Waals surface area contributed by atoms with Crippen LogP contribution in [0.1, 0.15) is 26.7 Å². The smallest absolute Gasteiger partial charge is 0.0466 e. The van der Waals surface area contributed by atoms with Gasteiger partial charge in [-0.05, 0) is 12.8 Å². The van der Waals surface area contributed by atoms with Gasteiger partial charge in [0.05, 0.1) is 0 Å². The fourth-order valence-corrected chi connectivity index (χ4v) is 0.510. The zero-order valence-electron chi connectivity index (χ0n) is 6.65. The van der Waals surface area contributed by atoms with E-state index in [2.05, 4.69) is 13.2 Å². The lowest BCUT2D eigenvalue weighted by Gasteiger charge is -1.76. The van der Waals surface area contributed by atoms with Gasteiger partial charge >= 0.3 is 0 Å². The van der Waals surface area contributed by atoms with Gasteiger partial charge in [-0.15, -0.1) is 13.2 Å². The Balaban J connectivity index is 0. The van der Waals surface area contributed by atoms with E-state index in [-0.39, 0.29) is 0 Å². The molecular formula is C8H18O. The molecule has 1 aliphatic rings. The zero-order chi connectivity index (χ0) is 7.54. The van der Waals surface area contributed by atoms with Crippen molar-refractivity contribution in [1.82, 2.24) is 0 Å². The quantitative estimate of drug-likeness (QED) is 0.458. The third kappa shape index (κ3) is 11.3. The molecule has 0 amide bonds. The molecule has 0 bridgehead atoms. The summed E-state index contributed by atoms with van der Waals surface area (Å²) >= 11 is 0. The van der Waals surface area contributed by atoms with Crippen LogP contribution in [0.2, 0.25) is 0 Å². The molecule has 0 atom stereocenters. The summed E-state index contributed by atoms with van der Waals surface area (Å²) in [7, 11) is 0. The van der Waals surface area contributed by atoms with Crippen molar-refractivity contribution in [1.29, 1.82) is 0 Å². The maximum atomic E-state index is 4.94. The van der Waals surface area contributed by atoms with Crippen LogP contribution >= 0.6 is 0 Å². The van der Waals surface area contributed by atoms with Gasteiger partial charge in [0.2, 0.25) is 0 Å². The lowest BCUT2D eigenvalue weighted by molar-refractivity contribution is 0.198. The predicted molar refractivity (Wildman–Crippen MR) is 42.7 cm³/mol. The summed E-state index contributed by atoms with van der Waals surface area (Å²) in [4.78, 5) is 0. The van der Waals surface area contributed by atoms with Crippen LogP contribution in [0.3, 0.4) is 0 Å². The zero-order valence-corrected chi connectivity index (χ0v) is 6.65.